The molecule has 0 aromatic carbocycles. The molecule has 0 spiro atoms. The van der Waals surface area contributed by atoms with Crippen molar-refractivity contribution in [1.82, 2.24) is 0 Å². The van der Waals surface area contributed by atoms with E-state index in [1.54, 1.807) is 5.57 Å². The number of carboxylic acids is 1. The van der Waals surface area contributed by atoms with Crippen molar-refractivity contribution >= 4 is 5.97 Å². The molecule has 2 unspecified atom stereocenters. The van der Waals surface area contributed by atoms with E-state index in [1.165, 1.54) is 38.5 Å². The molecule has 2 atom stereocenters. The Kier molecular flexibility index (Phi) is 3.60. The highest BCUT2D eigenvalue weighted by Gasteiger charge is 2.50. The molecule has 0 aliphatic heterocycles. The fraction of sp³-hybridized carbons (Fsp3) is 0.800. The van der Waals surface area contributed by atoms with E-state index in [2.05, 4.69) is 19.9 Å². The monoisotopic (exact) mass is 236 g/mol. The van der Waals surface area contributed by atoms with E-state index in [4.69, 9.17) is 5.11 Å². The molecule has 2 nitrogen and oxygen atoms in total. The summed E-state index contributed by atoms with van der Waals surface area (Å²) in [6.07, 6.45) is 11.1. The second-order valence-electron chi connectivity index (χ2n) is 6.29. The molecule has 0 bridgehead atoms. The molecule has 17 heavy (non-hydrogen) atoms. The van der Waals surface area contributed by atoms with Crippen LogP contribution in [0.5, 0.6) is 0 Å². The highest BCUT2D eigenvalue weighted by Crippen LogP contribution is 2.52. The summed E-state index contributed by atoms with van der Waals surface area (Å²) in [6.45, 7) is 4.21. The van der Waals surface area contributed by atoms with Crippen LogP contribution < -0.4 is 0 Å². The van der Waals surface area contributed by atoms with E-state index in [1.807, 2.05) is 0 Å². The highest BCUT2D eigenvalue weighted by molar-refractivity contribution is 5.72. The van der Waals surface area contributed by atoms with Crippen LogP contribution in [0.3, 0.4) is 0 Å². The van der Waals surface area contributed by atoms with Crippen LogP contribution in [-0.2, 0) is 4.79 Å². The van der Waals surface area contributed by atoms with Crippen molar-refractivity contribution in [2.24, 2.45) is 17.3 Å². The minimum atomic E-state index is -0.620. The lowest BCUT2D eigenvalue weighted by molar-refractivity contribution is -0.156. The van der Waals surface area contributed by atoms with Crippen LogP contribution >= 0.6 is 0 Å². The number of aliphatic carboxylic acids is 1. The molecule has 2 heteroatoms. The minimum absolute atomic E-state index is 0.0505. The Bertz CT molecular complexity index is 318. The van der Waals surface area contributed by atoms with Gasteiger partial charge in [-0.2, -0.15) is 0 Å². The second kappa shape index (κ2) is 4.83. The van der Waals surface area contributed by atoms with E-state index in [0.717, 1.165) is 6.42 Å². The standard InChI is InChI=1S/C15H24O2/c1-15(2)12(10-13(15)14(16)17)9-11-7-5-3-4-6-8-11/h9,12-13H,3-8,10H2,1-2H3,(H,16,17). The normalized spacial score (nSPS) is 32.5. The van der Waals surface area contributed by atoms with E-state index >= 15 is 0 Å². The smallest absolute Gasteiger partial charge is 0.307 e. The van der Waals surface area contributed by atoms with Gasteiger partial charge in [-0.25, -0.2) is 0 Å². The molecule has 0 radical (unpaired) electrons. The zero-order valence-corrected chi connectivity index (χ0v) is 11.0. The molecule has 96 valence electrons. The topological polar surface area (TPSA) is 37.3 Å². The summed E-state index contributed by atoms with van der Waals surface area (Å²) >= 11 is 0. The van der Waals surface area contributed by atoms with Crippen molar-refractivity contribution in [1.29, 1.82) is 0 Å². The first-order valence-corrected chi connectivity index (χ1v) is 6.94. The Balaban J connectivity index is 2.00. The zero-order chi connectivity index (χ0) is 12.5. The first-order chi connectivity index (χ1) is 8.01. The molecule has 0 aromatic heterocycles. The van der Waals surface area contributed by atoms with Gasteiger partial charge in [-0.1, -0.05) is 38.3 Å². The molecule has 2 rings (SSSR count). The lowest BCUT2D eigenvalue weighted by atomic mass is 9.54. The van der Waals surface area contributed by atoms with Gasteiger partial charge in [-0.05, 0) is 43.4 Å². The molecule has 2 fully saturated rings. The van der Waals surface area contributed by atoms with Crippen molar-refractivity contribution in [3.8, 4) is 0 Å². The average Bonchev–Trinajstić information content (AvgIpc) is 2.51. The van der Waals surface area contributed by atoms with Gasteiger partial charge in [0.05, 0.1) is 5.92 Å². The number of hydrogen-bond acceptors (Lipinski definition) is 1. The summed E-state index contributed by atoms with van der Waals surface area (Å²) < 4.78 is 0. The fourth-order valence-corrected chi connectivity index (χ4v) is 3.30. The highest BCUT2D eigenvalue weighted by atomic mass is 16.4. The summed E-state index contributed by atoms with van der Waals surface area (Å²) in [7, 11) is 0. The van der Waals surface area contributed by atoms with Crippen LogP contribution in [0.25, 0.3) is 0 Å². The SMILES string of the molecule is CC1(C)C(C=C2CCCCCC2)CC1C(=O)O. The van der Waals surface area contributed by atoms with Gasteiger partial charge < -0.3 is 5.11 Å². The van der Waals surface area contributed by atoms with E-state index in [0.29, 0.717) is 5.92 Å². The van der Waals surface area contributed by atoms with Gasteiger partial charge in [0.15, 0.2) is 0 Å². The maximum absolute atomic E-state index is 11.1. The number of rotatable bonds is 2. The van der Waals surface area contributed by atoms with Crippen LogP contribution in [-0.4, -0.2) is 11.1 Å². The predicted molar refractivity (Wildman–Crippen MR) is 68.8 cm³/mol. The van der Waals surface area contributed by atoms with E-state index in [9.17, 15) is 4.79 Å². The summed E-state index contributed by atoms with van der Waals surface area (Å²) in [5.41, 5.74) is 1.54. The average molecular weight is 236 g/mol. The Morgan fingerprint density at radius 3 is 2.29 bits per heavy atom. The summed E-state index contributed by atoms with van der Waals surface area (Å²) in [4.78, 5) is 11.1. The van der Waals surface area contributed by atoms with E-state index in [-0.39, 0.29) is 11.3 Å². The Morgan fingerprint density at radius 2 is 1.82 bits per heavy atom. The van der Waals surface area contributed by atoms with Gasteiger partial charge in [0, 0.05) is 0 Å². The number of carboxylic acid groups (broad SMARTS) is 1. The number of hydrogen-bond donors (Lipinski definition) is 1. The zero-order valence-electron chi connectivity index (χ0n) is 11.0. The molecule has 0 aromatic rings. The lowest BCUT2D eigenvalue weighted by Crippen LogP contribution is -2.48. The molecule has 0 amide bonds. The van der Waals surface area contributed by atoms with Crippen LogP contribution in [0.15, 0.2) is 11.6 Å². The third-order valence-electron chi connectivity index (χ3n) is 4.82. The van der Waals surface area contributed by atoms with Gasteiger partial charge in [0.1, 0.15) is 0 Å². The Hall–Kier alpha value is -0.790. The fourth-order valence-electron chi connectivity index (χ4n) is 3.30. The second-order valence-corrected chi connectivity index (χ2v) is 6.29. The van der Waals surface area contributed by atoms with Crippen LogP contribution in [0, 0.1) is 17.3 Å². The number of carbonyl (C=O) groups is 1. The first-order valence-electron chi connectivity index (χ1n) is 6.94. The first kappa shape index (κ1) is 12.7. The van der Waals surface area contributed by atoms with Gasteiger partial charge in [0.25, 0.3) is 0 Å². The molecular weight excluding hydrogens is 212 g/mol. The van der Waals surface area contributed by atoms with Gasteiger partial charge in [-0.15, -0.1) is 0 Å². The largest absolute Gasteiger partial charge is 0.481 e. The van der Waals surface area contributed by atoms with Crippen molar-refractivity contribution in [3.63, 3.8) is 0 Å². The van der Waals surface area contributed by atoms with Crippen molar-refractivity contribution in [3.05, 3.63) is 11.6 Å². The molecule has 0 heterocycles. The third kappa shape index (κ3) is 2.56. The molecule has 0 saturated heterocycles. The summed E-state index contributed by atoms with van der Waals surface area (Å²) in [6, 6.07) is 0. The predicted octanol–water partition coefficient (Wildman–Crippen LogP) is 4.01. The van der Waals surface area contributed by atoms with Crippen LogP contribution in [0.4, 0.5) is 0 Å². The number of allylic oxidation sites excluding steroid dienone is 2. The van der Waals surface area contributed by atoms with Crippen LogP contribution in [0.2, 0.25) is 0 Å². The quantitative estimate of drug-likeness (QED) is 0.581. The summed E-state index contributed by atoms with van der Waals surface area (Å²) in [5.74, 6) is -0.280. The van der Waals surface area contributed by atoms with Gasteiger partial charge >= 0.3 is 5.97 Å². The van der Waals surface area contributed by atoms with Crippen LogP contribution in [0.1, 0.15) is 58.8 Å². The lowest BCUT2D eigenvalue weighted by Gasteiger charge is -2.49. The van der Waals surface area contributed by atoms with Crippen molar-refractivity contribution in [2.75, 3.05) is 0 Å². The van der Waals surface area contributed by atoms with Crippen molar-refractivity contribution < 1.29 is 9.90 Å². The van der Waals surface area contributed by atoms with Gasteiger partial charge in [-0.3, -0.25) is 4.79 Å². The Morgan fingerprint density at radius 1 is 1.24 bits per heavy atom. The third-order valence-corrected chi connectivity index (χ3v) is 4.82. The van der Waals surface area contributed by atoms with Gasteiger partial charge in [0.2, 0.25) is 0 Å². The molecular formula is C15H24O2. The maximum Gasteiger partial charge on any atom is 0.307 e. The van der Waals surface area contributed by atoms with Crippen molar-refractivity contribution in [2.45, 2.75) is 58.8 Å². The maximum atomic E-state index is 11.1. The summed E-state index contributed by atoms with van der Waals surface area (Å²) in [5, 5.41) is 9.12. The minimum Gasteiger partial charge on any atom is -0.481 e. The Labute approximate surface area is 104 Å². The molecule has 1 N–H and O–H groups in total. The van der Waals surface area contributed by atoms with E-state index < -0.39 is 5.97 Å². The molecule has 2 saturated carbocycles. The molecule has 2 aliphatic carbocycles. The molecule has 2 aliphatic rings.